The highest BCUT2D eigenvalue weighted by Crippen LogP contribution is 2.36. The summed E-state index contributed by atoms with van der Waals surface area (Å²) in [6, 6.07) is 3.44. The van der Waals surface area contributed by atoms with E-state index in [0.717, 1.165) is 0 Å². The van der Waals surface area contributed by atoms with Crippen LogP contribution in [-0.4, -0.2) is 14.4 Å². The van der Waals surface area contributed by atoms with Crippen LogP contribution in [0, 0.1) is 0 Å². The fourth-order valence-corrected chi connectivity index (χ4v) is 1.29. The van der Waals surface area contributed by atoms with Crippen LogP contribution in [0.5, 0.6) is 0 Å². The van der Waals surface area contributed by atoms with Gasteiger partial charge in [-0.1, -0.05) is 0 Å². The summed E-state index contributed by atoms with van der Waals surface area (Å²) >= 11 is 0. The molecule has 1 heterocycles. The van der Waals surface area contributed by atoms with Crippen LogP contribution in [0.3, 0.4) is 0 Å². The Morgan fingerprint density at radius 3 is 2.20 bits per heavy atom. The number of aromatic nitrogens is 1. The zero-order chi connectivity index (χ0) is 7.61. The Kier molecular flexibility index (Phi) is 1.94. The molecule has 0 bridgehead atoms. The van der Waals surface area contributed by atoms with Crippen molar-refractivity contribution in [2.45, 2.75) is 6.29 Å². The predicted octanol–water partition coefficient (Wildman–Crippen LogP) is 0.623. The second kappa shape index (κ2) is 2.58. The monoisotopic (exact) mass is 161 g/mol. The maximum Gasteiger partial charge on any atom is 0.345 e. The average molecular weight is 161 g/mol. The van der Waals surface area contributed by atoms with E-state index < -0.39 is 7.60 Å². The van der Waals surface area contributed by atoms with Gasteiger partial charge in [0.15, 0.2) is 0 Å². The molecule has 0 atom stereocenters. The summed E-state index contributed by atoms with van der Waals surface area (Å²) in [6.07, 6.45) is 2.98. The normalized spacial score (nSPS) is 11.8. The van der Waals surface area contributed by atoms with Crippen molar-refractivity contribution in [2.24, 2.45) is 0 Å². The van der Waals surface area contributed by atoms with E-state index in [1.54, 1.807) is 24.5 Å². The van der Waals surface area contributed by atoms with Crippen LogP contribution in [0.25, 0.3) is 0 Å². The first kappa shape index (κ1) is 7.54. The van der Waals surface area contributed by atoms with E-state index >= 15 is 0 Å². The number of hydrogen-bond acceptors (Lipinski definition) is 1. The van der Waals surface area contributed by atoms with Gasteiger partial charge in [0.25, 0.3) is 0 Å². The zero-order valence-corrected chi connectivity index (χ0v) is 6.11. The van der Waals surface area contributed by atoms with E-state index in [9.17, 15) is 4.57 Å². The number of rotatable bonds is 2. The minimum Gasteiger partial charge on any atom is -0.342 e. The Balaban J connectivity index is 2.66. The summed E-state index contributed by atoms with van der Waals surface area (Å²) in [7, 11) is -3.89. The molecular formula is C5H8NO3P. The van der Waals surface area contributed by atoms with E-state index in [4.69, 9.17) is 9.79 Å². The van der Waals surface area contributed by atoms with Crippen molar-refractivity contribution in [1.82, 2.24) is 4.57 Å². The van der Waals surface area contributed by atoms with Crippen LogP contribution in [0.15, 0.2) is 24.5 Å². The smallest absolute Gasteiger partial charge is 0.342 e. The second-order valence-corrected chi connectivity index (χ2v) is 3.62. The molecule has 5 heteroatoms. The lowest BCUT2D eigenvalue weighted by molar-refractivity contribution is 0.362. The van der Waals surface area contributed by atoms with Crippen molar-refractivity contribution in [2.75, 3.05) is 0 Å². The predicted molar refractivity (Wildman–Crippen MR) is 36.5 cm³/mol. The molecule has 0 spiro atoms. The topological polar surface area (TPSA) is 62.5 Å². The molecule has 0 saturated heterocycles. The molecule has 0 aliphatic carbocycles. The van der Waals surface area contributed by atoms with E-state index in [1.165, 1.54) is 4.57 Å². The second-order valence-electron chi connectivity index (χ2n) is 2.00. The molecule has 1 rings (SSSR count). The Bertz CT molecular complexity index is 237. The molecule has 0 saturated carbocycles. The fourth-order valence-electron chi connectivity index (χ4n) is 0.677. The summed E-state index contributed by atoms with van der Waals surface area (Å²) < 4.78 is 11.8. The minimum absolute atomic E-state index is 0.236. The molecule has 0 aliphatic heterocycles. The third-order valence-electron chi connectivity index (χ3n) is 1.01. The van der Waals surface area contributed by atoms with Crippen LogP contribution in [0.1, 0.15) is 0 Å². The summed E-state index contributed by atoms with van der Waals surface area (Å²) in [5, 5.41) is 0. The van der Waals surface area contributed by atoms with Crippen molar-refractivity contribution in [1.29, 1.82) is 0 Å². The maximum absolute atomic E-state index is 10.4. The molecule has 2 N–H and O–H groups in total. The lowest BCUT2D eigenvalue weighted by Gasteiger charge is -2.03. The lowest BCUT2D eigenvalue weighted by atomic mass is 10.7. The van der Waals surface area contributed by atoms with E-state index in [0.29, 0.717) is 0 Å². The van der Waals surface area contributed by atoms with Gasteiger partial charge in [0.1, 0.15) is 6.29 Å². The first-order valence-corrected chi connectivity index (χ1v) is 4.53. The highest BCUT2D eigenvalue weighted by Gasteiger charge is 2.11. The summed E-state index contributed by atoms with van der Waals surface area (Å²) in [5.41, 5.74) is 0. The standard InChI is InChI=1S/C5H8NO3P/c7-10(8,9)5-6-3-1-2-4-6/h1-4H,5H2,(H2,7,8,9). The molecule has 0 fully saturated rings. The number of nitrogens with zero attached hydrogens (tertiary/aromatic N) is 1. The third kappa shape index (κ3) is 2.35. The molecule has 10 heavy (non-hydrogen) atoms. The van der Waals surface area contributed by atoms with Gasteiger partial charge in [-0.15, -0.1) is 0 Å². The van der Waals surface area contributed by atoms with Crippen LogP contribution >= 0.6 is 7.60 Å². The van der Waals surface area contributed by atoms with Gasteiger partial charge >= 0.3 is 7.60 Å². The van der Waals surface area contributed by atoms with Crippen LogP contribution in [-0.2, 0) is 10.9 Å². The summed E-state index contributed by atoms with van der Waals surface area (Å²) in [6.45, 7) is 0. The molecule has 0 aromatic carbocycles. The summed E-state index contributed by atoms with van der Waals surface area (Å²) in [5.74, 6) is 0. The molecule has 0 radical (unpaired) electrons. The molecule has 4 nitrogen and oxygen atoms in total. The minimum atomic E-state index is -3.89. The molecular weight excluding hydrogens is 153 g/mol. The van der Waals surface area contributed by atoms with Crippen LogP contribution in [0.2, 0.25) is 0 Å². The lowest BCUT2D eigenvalue weighted by Crippen LogP contribution is -1.93. The zero-order valence-electron chi connectivity index (χ0n) is 5.21. The van der Waals surface area contributed by atoms with Gasteiger partial charge in [-0.2, -0.15) is 0 Å². The summed E-state index contributed by atoms with van der Waals surface area (Å²) in [4.78, 5) is 17.0. The quantitative estimate of drug-likeness (QED) is 0.625. The van der Waals surface area contributed by atoms with Gasteiger partial charge in [-0.05, 0) is 12.1 Å². The van der Waals surface area contributed by atoms with Gasteiger partial charge in [0.05, 0.1) is 0 Å². The Morgan fingerprint density at radius 1 is 1.30 bits per heavy atom. The Hall–Kier alpha value is -0.570. The molecule has 0 aliphatic rings. The van der Waals surface area contributed by atoms with Crippen molar-refractivity contribution in [3.8, 4) is 0 Å². The fraction of sp³-hybridized carbons (Fsp3) is 0.200. The third-order valence-corrected chi connectivity index (χ3v) is 1.71. The molecule has 1 aromatic heterocycles. The van der Waals surface area contributed by atoms with Crippen LogP contribution < -0.4 is 0 Å². The van der Waals surface area contributed by atoms with Gasteiger partial charge in [0.2, 0.25) is 0 Å². The average Bonchev–Trinajstić information content (AvgIpc) is 2.12. The molecule has 0 unspecified atom stereocenters. The largest absolute Gasteiger partial charge is 0.345 e. The van der Waals surface area contributed by atoms with Crippen molar-refractivity contribution in [3.63, 3.8) is 0 Å². The first-order valence-electron chi connectivity index (χ1n) is 2.73. The van der Waals surface area contributed by atoms with Gasteiger partial charge in [0, 0.05) is 12.4 Å². The molecule has 1 aromatic rings. The molecule has 56 valence electrons. The van der Waals surface area contributed by atoms with Crippen molar-refractivity contribution < 1.29 is 14.4 Å². The van der Waals surface area contributed by atoms with E-state index in [1.807, 2.05) is 0 Å². The Labute approximate surface area is 58.3 Å². The molecule has 0 amide bonds. The highest BCUT2D eigenvalue weighted by molar-refractivity contribution is 7.50. The van der Waals surface area contributed by atoms with Gasteiger partial charge < -0.3 is 14.4 Å². The number of hydrogen-bond donors (Lipinski definition) is 2. The van der Waals surface area contributed by atoms with Gasteiger partial charge in [-0.3, -0.25) is 4.57 Å². The SMILES string of the molecule is O=P(O)(O)Cn1cccc1. The van der Waals surface area contributed by atoms with Gasteiger partial charge in [-0.25, -0.2) is 0 Å². The first-order chi connectivity index (χ1) is 4.58. The van der Waals surface area contributed by atoms with E-state index in [2.05, 4.69) is 0 Å². The Morgan fingerprint density at radius 2 is 1.80 bits per heavy atom. The van der Waals surface area contributed by atoms with Crippen molar-refractivity contribution in [3.05, 3.63) is 24.5 Å². The van der Waals surface area contributed by atoms with E-state index in [-0.39, 0.29) is 6.29 Å². The van der Waals surface area contributed by atoms with Crippen LogP contribution in [0.4, 0.5) is 0 Å². The van der Waals surface area contributed by atoms with Crippen molar-refractivity contribution >= 4 is 7.60 Å². The highest BCUT2D eigenvalue weighted by atomic mass is 31.2. The maximum atomic E-state index is 10.4.